The fourth-order valence-electron chi connectivity index (χ4n) is 1.37. The summed E-state index contributed by atoms with van der Waals surface area (Å²) in [5.41, 5.74) is 0.392. The van der Waals surface area contributed by atoms with Crippen LogP contribution in [0.25, 0.3) is 0 Å². The van der Waals surface area contributed by atoms with Crippen LogP contribution < -0.4 is 9.46 Å². The molecule has 0 saturated heterocycles. The number of hydrogen-bond acceptors (Lipinski definition) is 4. The summed E-state index contributed by atoms with van der Waals surface area (Å²) in [5, 5.41) is 0. The van der Waals surface area contributed by atoms with Crippen LogP contribution in [0.3, 0.4) is 0 Å². The van der Waals surface area contributed by atoms with E-state index in [0.29, 0.717) is 17.2 Å². The lowest BCUT2D eigenvalue weighted by molar-refractivity contribution is 0.482. The van der Waals surface area contributed by atoms with Gasteiger partial charge in [-0.25, -0.2) is 8.42 Å². The van der Waals surface area contributed by atoms with Crippen molar-refractivity contribution in [2.24, 2.45) is 0 Å². The molecule has 0 unspecified atom stereocenters. The van der Waals surface area contributed by atoms with Crippen LogP contribution in [0.4, 0.5) is 5.69 Å². The van der Waals surface area contributed by atoms with E-state index in [0.717, 1.165) is 6.26 Å². The van der Waals surface area contributed by atoms with Gasteiger partial charge in [0.15, 0.2) is 5.75 Å². The smallest absolute Gasteiger partial charge is 0.229 e. The van der Waals surface area contributed by atoms with Gasteiger partial charge in [0.05, 0.1) is 18.1 Å². The molecule has 1 heterocycles. The summed E-state index contributed by atoms with van der Waals surface area (Å²) < 4.78 is 30.4. The molecule has 0 aliphatic rings. The van der Waals surface area contributed by atoms with Crippen molar-refractivity contribution >= 4 is 15.7 Å². The number of pyridine rings is 1. The Labute approximate surface area is 105 Å². The van der Waals surface area contributed by atoms with Gasteiger partial charge < -0.3 is 4.74 Å². The molecule has 2 rings (SSSR count). The highest BCUT2D eigenvalue weighted by molar-refractivity contribution is 7.92. The third-order valence-corrected chi connectivity index (χ3v) is 2.64. The van der Waals surface area contributed by atoms with E-state index in [1.807, 2.05) is 0 Å². The van der Waals surface area contributed by atoms with Crippen LogP contribution in [0.5, 0.6) is 11.5 Å². The molecule has 1 aromatic heterocycles. The largest absolute Gasteiger partial charge is 0.454 e. The molecule has 5 nitrogen and oxygen atoms in total. The standard InChI is InChI=1S/C12H12N2O3S/c1-18(15,16)14-11-6-2-3-7-12(11)17-10-5-4-8-13-9-10/h2-9,14H,1H3. The maximum Gasteiger partial charge on any atom is 0.229 e. The van der Waals surface area contributed by atoms with Crippen LogP contribution >= 0.6 is 0 Å². The topological polar surface area (TPSA) is 68.3 Å². The second kappa shape index (κ2) is 5.05. The second-order valence-corrected chi connectivity index (χ2v) is 5.41. The summed E-state index contributed by atoms with van der Waals surface area (Å²) in [7, 11) is -3.34. The zero-order chi connectivity index (χ0) is 13.0. The number of hydrogen-bond donors (Lipinski definition) is 1. The van der Waals surface area contributed by atoms with Gasteiger partial charge >= 0.3 is 0 Å². The van der Waals surface area contributed by atoms with E-state index < -0.39 is 10.0 Å². The van der Waals surface area contributed by atoms with Crippen LogP contribution in [-0.4, -0.2) is 19.7 Å². The van der Waals surface area contributed by atoms with Gasteiger partial charge in [-0.3, -0.25) is 9.71 Å². The number of benzene rings is 1. The zero-order valence-corrected chi connectivity index (χ0v) is 10.5. The van der Waals surface area contributed by atoms with Gasteiger partial charge in [0.2, 0.25) is 10.0 Å². The normalized spacial score (nSPS) is 10.9. The van der Waals surface area contributed by atoms with Gasteiger partial charge in [-0.15, -0.1) is 0 Å². The maximum absolute atomic E-state index is 11.2. The van der Waals surface area contributed by atoms with Gasteiger partial charge in [-0.05, 0) is 24.3 Å². The van der Waals surface area contributed by atoms with Crippen molar-refractivity contribution in [2.45, 2.75) is 0 Å². The summed E-state index contributed by atoms with van der Waals surface area (Å²) in [6.07, 6.45) is 4.28. The fourth-order valence-corrected chi connectivity index (χ4v) is 1.94. The van der Waals surface area contributed by atoms with Gasteiger partial charge in [0.1, 0.15) is 5.75 Å². The molecular weight excluding hydrogens is 252 g/mol. The first kappa shape index (κ1) is 12.4. The number of para-hydroxylation sites is 2. The van der Waals surface area contributed by atoms with Crippen molar-refractivity contribution in [3.8, 4) is 11.5 Å². The Bertz CT molecular complexity index is 627. The molecule has 18 heavy (non-hydrogen) atoms. The molecule has 0 bridgehead atoms. The second-order valence-electron chi connectivity index (χ2n) is 3.66. The van der Waals surface area contributed by atoms with E-state index in [1.54, 1.807) is 48.8 Å². The third-order valence-electron chi connectivity index (χ3n) is 2.04. The van der Waals surface area contributed by atoms with Crippen molar-refractivity contribution in [1.82, 2.24) is 4.98 Å². The lowest BCUT2D eigenvalue weighted by Crippen LogP contribution is -2.10. The van der Waals surface area contributed by atoms with Crippen molar-refractivity contribution < 1.29 is 13.2 Å². The summed E-state index contributed by atoms with van der Waals surface area (Å²) >= 11 is 0. The van der Waals surface area contributed by atoms with Crippen LogP contribution in [0.2, 0.25) is 0 Å². The molecular formula is C12H12N2O3S. The Hall–Kier alpha value is -2.08. The Balaban J connectivity index is 2.28. The molecule has 2 aromatic rings. The van der Waals surface area contributed by atoms with E-state index in [9.17, 15) is 8.42 Å². The van der Waals surface area contributed by atoms with Crippen molar-refractivity contribution in [3.05, 3.63) is 48.8 Å². The Morgan fingerprint density at radius 2 is 1.94 bits per heavy atom. The Morgan fingerprint density at radius 3 is 2.61 bits per heavy atom. The summed E-state index contributed by atoms with van der Waals surface area (Å²) in [4.78, 5) is 3.92. The summed E-state index contributed by atoms with van der Waals surface area (Å²) in [6, 6.07) is 10.3. The summed E-state index contributed by atoms with van der Waals surface area (Å²) in [5.74, 6) is 0.969. The van der Waals surface area contributed by atoms with E-state index in [2.05, 4.69) is 9.71 Å². The van der Waals surface area contributed by atoms with Crippen LogP contribution in [0, 0.1) is 0 Å². The van der Waals surface area contributed by atoms with Gasteiger partial charge in [-0.2, -0.15) is 0 Å². The third kappa shape index (κ3) is 3.46. The average Bonchev–Trinajstić information content (AvgIpc) is 2.31. The molecule has 0 spiro atoms. The highest BCUT2D eigenvalue weighted by Gasteiger charge is 2.08. The van der Waals surface area contributed by atoms with Crippen molar-refractivity contribution in [2.75, 3.05) is 11.0 Å². The van der Waals surface area contributed by atoms with Crippen molar-refractivity contribution in [3.63, 3.8) is 0 Å². The molecule has 0 atom stereocenters. The number of aromatic nitrogens is 1. The summed E-state index contributed by atoms with van der Waals surface area (Å²) in [6.45, 7) is 0. The van der Waals surface area contributed by atoms with Gasteiger partial charge in [0.25, 0.3) is 0 Å². The first-order chi connectivity index (χ1) is 8.54. The quantitative estimate of drug-likeness (QED) is 0.919. The maximum atomic E-state index is 11.2. The molecule has 0 radical (unpaired) electrons. The molecule has 0 fully saturated rings. The molecule has 0 saturated carbocycles. The predicted octanol–water partition coefficient (Wildman–Crippen LogP) is 2.25. The van der Waals surface area contributed by atoms with Crippen LogP contribution in [0.15, 0.2) is 48.8 Å². The minimum absolute atomic E-state index is 0.392. The van der Waals surface area contributed by atoms with E-state index in [4.69, 9.17) is 4.74 Å². The monoisotopic (exact) mass is 264 g/mol. The minimum atomic E-state index is -3.34. The number of rotatable bonds is 4. The lowest BCUT2D eigenvalue weighted by Gasteiger charge is -2.11. The minimum Gasteiger partial charge on any atom is -0.454 e. The van der Waals surface area contributed by atoms with Crippen LogP contribution in [-0.2, 0) is 10.0 Å². The van der Waals surface area contributed by atoms with E-state index in [1.165, 1.54) is 0 Å². The molecule has 0 amide bonds. The number of ether oxygens (including phenoxy) is 1. The predicted molar refractivity (Wildman–Crippen MR) is 69.2 cm³/mol. The number of nitrogens with zero attached hydrogens (tertiary/aromatic N) is 1. The molecule has 1 N–H and O–H groups in total. The molecule has 6 heteroatoms. The molecule has 0 aliphatic heterocycles. The first-order valence-corrected chi connectivity index (χ1v) is 7.08. The van der Waals surface area contributed by atoms with Crippen molar-refractivity contribution in [1.29, 1.82) is 0 Å². The number of anilines is 1. The molecule has 1 aromatic carbocycles. The Kier molecular flexibility index (Phi) is 3.47. The highest BCUT2D eigenvalue weighted by atomic mass is 32.2. The highest BCUT2D eigenvalue weighted by Crippen LogP contribution is 2.29. The molecule has 0 aliphatic carbocycles. The van der Waals surface area contributed by atoms with E-state index in [-0.39, 0.29) is 0 Å². The number of nitrogens with one attached hydrogen (secondary N) is 1. The number of sulfonamides is 1. The Morgan fingerprint density at radius 1 is 1.17 bits per heavy atom. The average molecular weight is 264 g/mol. The SMILES string of the molecule is CS(=O)(=O)Nc1ccccc1Oc1cccnc1. The zero-order valence-electron chi connectivity index (χ0n) is 9.70. The van der Waals surface area contributed by atoms with E-state index >= 15 is 0 Å². The van der Waals surface area contributed by atoms with Crippen LogP contribution in [0.1, 0.15) is 0 Å². The molecule has 94 valence electrons. The van der Waals surface area contributed by atoms with Gasteiger partial charge in [-0.1, -0.05) is 12.1 Å². The van der Waals surface area contributed by atoms with Gasteiger partial charge in [0, 0.05) is 6.20 Å². The fraction of sp³-hybridized carbons (Fsp3) is 0.0833. The first-order valence-electron chi connectivity index (χ1n) is 5.19. The lowest BCUT2D eigenvalue weighted by atomic mass is 10.3.